The molecule has 3 heterocycles. The Morgan fingerprint density at radius 1 is 1.22 bits per heavy atom. The summed E-state index contributed by atoms with van der Waals surface area (Å²) >= 11 is 0. The van der Waals surface area contributed by atoms with Crippen LogP contribution in [0.4, 0.5) is 5.95 Å². The first kappa shape index (κ1) is 10.6. The summed E-state index contributed by atoms with van der Waals surface area (Å²) in [5.74, 6) is 0.459. The summed E-state index contributed by atoms with van der Waals surface area (Å²) < 4.78 is 1.90. The van der Waals surface area contributed by atoms with E-state index in [1.807, 2.05) is 17.6 Å². The molecule has 0 aliphatic carbocycles. The number of nitrogens with two attached hydrogens (primary N) is 1. The van der Waals surface area contributed by atoms with Gasteiger partial charge in [0.25, 0.3) is 0 Å². The second-order valence-corrected chi connectivity index (χ2v) is 4.07. The van der Waals surface area contributed by atoms with Gasteiger partial charge >= 0.3 is 0 Å². The summed E-state index contributed by atoms with van der Waals surface area (Å²) in [5, 5.41) is 0. The summed E-state index contributed by atoms with van der Waals surface area (Å²) in [6, 6.07) is 1.89. The molecule has 3 aromatic rings. The number of rotatable bonds is 2. The Bertz CT molecular complexity index is 685. The molecule has 0 spiro atoms. The Kier molecular flexibility index (Phi) is 2.40. The second kappa shape index (κ2) is 4.06. The van der Waals surface area contributed by atoms with E-state index in [0.717, 1.165) is 22.4 Å². The highest BCUT2D eigenvalue weighted by atomic mass is 15.2. The number of nitrogens with zero attached hydrogens (tertiary/aromatic N) is 5. The van der Waals surface area contributed by atoms with Crippen molar-refractivity contribution in [3.8, 4) is 0 Å². The molecule has 0 aliphatic rings. The third kappa shape index (κ3) is 1.77. The van der Waals surface area contributed by atoms with Crippen LogP contribution in [-0.4, -0.2) is 24.5 Å². The molecular formula is C12H12N6. The molecule has 0 aromatic carbocycles. The number of nitrogen functional groups attached to an aromatic ring is 1. The second-order valence-electron chi connectivity index (χ2n) is 4.07. The van der Waals surface area contributed by atoms with Crippen LogP contribution in [0.25, 0.3) is 11.0 Å². The Morgan fingerprint density at radius 2 is 2.11 bits per heavy atom. The molecule has 0 unspecified atom stereocenters. The molecule has 0 saturated carbocycles. The number of pyridine rings is 1. The first-order chi connectivity index (χ1) is 8.74. The molecule has 90 valence electrons. The van der Waals surface area contributed by atoms with Crippen molar-refractivity contribution in [2.45, 2.75) is 13.5 Å². The Balaban J connectivity index is 2.04. The summed E-state index contributed by atoms with van der Waals surface area (Å²) in [6.45, 7) is 2.46. The molecule has 18 heavy (non-hydrogen) atoms. The maximum atomic E-state index is 5.91. The van der Waals surface area contributed by atoms with Crippen LogP contribution in [0.15, 0.2) is 30.9 Å². The Labute approximate surface area is 104 Å². The highest BCUT2D eigenvalue weighted by Gasteiger charge is 2.08. The zero-order valence-electron chi connectivity index (χ0n) is 9.91. The van der Waals surface area contributed by atoms with E-state index in [0.29, 0.717) is 12.5 Å². The third-order valence-corrected chi connectivity index (χ3v) is 2.73. The monoisotopic (exact) mass is 240 g/mol. The fourth-order valence-corrected chi connectivity index (χ4v) is 1.83. The van der Waals surface area contributed by atoms with Crippen molar-refractivity contribution < 1.29 is 0 Å². The topological polar surface area (TPSA) is 82.5 Å². The van der Waals surface area contributed by atoms with E-state index < -0.39 is 0 Å². The van der Waals surface area contributed by atoms with Crippen LogP contribution in [0.3, 0.4) is 0 Å². The van der Waals surface area contributed by atoms with Gasteiger partial charge in [-0.1, -0.05) is 0 Å². The number of fused-ring (bicyclic) bond motifs is 1. The maximum Gasteiger partial charge on any atom is 0.201 e. The molecule has 3 aromatic heterocycles. The third-order valence-electron chi connectivity index (χ3n) is 2.73. The first-order valence-electron chi connectivity index (χ1n) is 5.57. The summed E-state index contributed by atoms with van der Waals surface area (Å²) in [7, 11) is 0. The molecule has 6 nitrogen and oxygen atoms in total. The SMILES string of the molecule is Cc1cnc(Cn2c(N)nc3cnccc32)cn1. The molecule has 0 bridgehead atoms. The summed E-state index contributed by atoms with van der Waals surface area (Å²) in [4.78, 5) is 16.8. The van der Waals surface area contributed by atoms with Crippen molar-refractivity contribution in [1.29, 1.82) is 0 Å². The lowest BCUT2D eigenvalue weighted by atomic mass is 10.3. The van der Waals surface area contributed by atoms with Crippen LogP contribution in [0.2, 0.25) is 0 Å². The van der Waals surface area contributed by atoms with Crippen LogP contribution in [0.1, 0.15) is 11.4 Å². The predicted octanol–water partition coefficient (Wildman–Crippen LogP) is 1.16. The summed E-state index contributed by atoms with van der Waals surface area (Å²) in [5.41, 5.74) is 9.39. The quantitative estimate of drug-likeness (QED) is 0.726. The molecule has 2 N–H and O–H groups in total. The fourth-order valence-electron chi connectivity index (χ4n) is 1.83. The van der Waals surface area contributed by atoms with E-state index in [1.165, 1.54) is 0 Å². The van der Waals surface area contributed by atoms with Gasteiger partial charge < -0.3 is 10.3 Å². The van der Waals surface area contributed by atoms with E-state index >= 15 is 0 Å². The molecule has 0 amide bonds. The van der Waals surface area contributed by atoms with Gasteiger partial charge in [-0.2, -0.15) is 0 Å². The van der Waals surface area contributed by atoms with Gasteiger partial charge in [-0.15, -0.1) is 0 Å². The number of aromatic nitrogens is 5. The zero-order valence-corrected chi connectivity index (χ0v) is 9.91. The molecule has 6 heteroatoms. The van der Waals surface area contributed by atoms with Gasteiger partial charge in [-0.25, -0.2) is 4.98 Å². The fraction of sp³-hybridized carbons (Fsp3) is 0.167. The first-order valence-corrected chi connectivity index (χ1v) is 5.57. The molecule has 3 rings (SSSR count). The van der Waals surface area contributed by atoms with E-state index in [4.69, 9.17) is 5.73 Å². The molecular weight excluding hydrogens is 228 g/mol. The van der Waals surface area contributed by atoms with Gasteiger partial charge in [0.05, 0.1) is 35.8 Å². The van der Waals surface area contributed by atoms with Crippen molar-refractivity contribution in [2.24, 2.45) is 0 Å². The molecule has 0 radical (unpaired) electrons. The Hall–Kier alpha value is -2.50. The highest BCUT2D eigenvalue weighted by Crippen LogP contribution is 2.17. The summed E-state index contributed by atoms with van der Waals surface area (Å²) in [6.07, 6.45) is 6.91. The standard InChI is InChI=1S/C12H12N6/c1-8-4-16-9(5-15-8)7-18-11-2-3-14-6-10(11)17-12(18)13/h2-6H,7H2,1H3,(H2,13,17). The van der Waals surface area contributed by atoms with Gasteiger partial charge in [0.2, 0.25) is 5.95 Å². The van der Waals surface area contributed by atoms with Crippen LogP contribution >= 0.6 is 0 Å². The van der Waals surface area contributed by atoms with Crippen molar-refractivity contribution in [3.63, 3.8) is 0 Å². The average molecular weight is 240 g/mol. The van der Waals surface area contributed by atoms with Gasteiger partial charge in [-0.05, 0) is 13.0 Å². The lowest BCUT2D eigenvalue weighted by Gasteiger charge is -2.05. The van der Waals surface area contributed by atoms with Crippen LogP contribution < -0.4 is 5.73 Å². The van der Waals surface area contributed by atoms with Gasteiger partial charge in [-0.3, -0.25) is 15.0 Å². The minimum Gasteiger partial charge on any atom is -0.369 e. The molecule has 0 saturated heterocycles. The van der Waals surface area contributed by atoms with Gasteiger partial charge in [0.15, 0.2) is 0 Å². The van der Waals surface area contributed by atoms with E-state index in [1.54, 1.807) is 24.8 Å². The largest absolute Gasteiger partial charge is 0.369 e. The lowest BCUT2D eigenvalue weighted by Crippen LogP contribution is -2.06. The number of hydrogen-bond donors (Lipinski definition) is 1. The average Bonchev–Trinajstić information content (AvgIpc) is 2.69. The minimum absolute atomic E-state index is 0.459. The minimum atomic E-state index is 0.459. The molecule has 0 fully saturated rings. The van der Waals surface area contributed by atoms with E-state index in [2.05, 4.69) is 19.9 Å². The van der Waals surface area contributed by atoms with Crippen LogP contribution in [0, 0.1) is 6.92 Å². The van der Waals surface area contributed by atoms with Crippen LogP contribution in [0.5, 0.6) is 0 Å². The number of aryl methyl sites for hydroxylation is 1. The van der Waals surface area contributed by atoms with Gasteiger partial charge in [0.1, 0.15) is 5.52 Å². The number of hydrogen-bond acceptors (Lipinski definition) is 5. The van der Waals surface area contributed by atoms with Crippen molar-refractivity contribution in [1.82, 2.24) is 24.5 Å². The smallest absolute Gasteiger partial charge is 0.201 e. The van der Waals surface area contributed by atoms with E-state index in [9.17, 15) is 0 Å². The highest BCUT2D eigenvalue weighted by molar-refractivity contribution is 5.77. The normalized spacial score (nSPS) is 10.9. The van der Waals surface area contributed by atoms with Crippen LogP contribution in [-0.2, 0) is 6.54 Å². The van der Waals surface area contributed by atoms with Crippen molar-refractivity contribution in [2.75, 3.05) is 5.73 Å². The molecule has 0 atom stereocenters. The Morgan fingerprint density at radius 3 is 2.89 bits per heavy atom. The van der Waals surface area contributed by atoms with Crippen molar-refractivity contribution >= 4 is 17.0 Å². The molecule has 0 aliphatic heterocycles. The lowest BCUT2D eigenvalue weighted by molar-refractivity contribution is 0.798. The van der Waals surface area contributed by atoms with Gasteiger partial charge in [0, 0.05) is 12.4 Å². The zero-order chi connectivity index (χ0) is 12.5. The number of imidazole rings is 1. The van der Waals surface area contributed by atoms with E-state index in [-0.39, 0.29) is 0 Å². The van der Waals surface area contributed by atoms with Crippen molar-refractivity contribution in [3.05, 3.63) is 42.2 Å². The number of anilines is 1. The predicted molar refractivity (Wildman–Crippen MR) is 67.8 cm³/mol. The maximum absolute atomic E-state index is 5.91.